The van der Waals surface area contributed by atoms with Gasteiger partial charge in [-0.05, 0) is 31.2 Å². The van der Waals surface area contributed by atoms with Gasteiger partial charge in [-0.3, -0.25) is 4.79 Å². The molecular weight excluding hydrogens is 370 g/mol. The molecule has 0 bridgehead atoms. The van der Waals surface area contributed by atoms with E-state index < -0.39 is 0 Å². The summed E-state index contributed by atoms with van der Waals surface area (Å²) in [7, 11) is 0. The molecule has 2 aliphatic heterocycles. The Kier molecular flexibility index (Phi) is 6.09. The van der Waals surface area contributed by atoms with Crippen LogP contribution in [0.15, 0.2) is 36.5 Å². The lowest BCUT2D eigenvalue weighted by Crippen LogP contribution is -2.49. The number of hydrogen-bond acceptors (Lipinski definition) is 7. The van der Waals surface area contributed by atoms with Gasteiger partial charge >= 0.3 is 0 Å². The van der Waals surface area contributed by atoms with Crippen LogP contribution in [0.1, 0.15) is 17.3 Å². The molecule has 29 heavy (non-hydrogen) atoms. The number of benzene rings is 1. The fraction of sp³-hybridized carbons (Fsp3) is 0.476. The van der Waals surface area contributed by atoms with E-state index in [1.54, 1.807) is 6.20 Å². The maximum Gasteiger partial charge on any atom is 0.253 e. The maximum absolute atomic E-state index is 12.8. The molecule has 0 saturated carbocycles. The minimum atomic E-state index is 0.0644. The number of nitrogens with zero attached hydrogens (tertiary/aromatic N) is 5. The lowest BCUT2D eigenvalue weighted by Gasteiger charge is -2.36. The molecule has 8 heteroatoms. The molecule has 2 fully saturated rings. The summed E-state index contributed by atoms with van der Waals surface area (Å²) in [6.45, 7) is 8.59. The van der Waals surface area contributed by atoms with Gasteiger partial charge in [0, 0.05) is 50.9 Å². The van der Waals surface area contributed by atoms with Crippen molar-refractivity contribution in [2.75, 3.05) is 68.9 Å². The van der Waals surface area contributed by atoms with E-state index in [2.05, 4.69) is 26.1 Å². The topological polar surface area (TPSA) is 71.0 Å². The first-order chi connectivity index (χ1) is 14.2. The summed E-state index contributed by atoms with van der Waals surface area (Å²) in [5.74, 6) is 1.74. The van der Waals surface area contributed by atoms with Gasteiger partial charge in [0.25, 0.3) is 5.91 Å². The number of piperazine rings is 1. The molecule has 154 valence electrons. The van der Waals surface area contributed by atoms with Crippen LogP contribution < -0.4 is 14.5 Å². The van der Waals surface area contributed by atoms with Crippen LogP contribution in [0.2, 0.25) is 0 Å². The van der Waals surface area contributed by atoms with Crippen molar-refractivity contribution in [3.8, 4) is 5.75 Å². The molecule has 0 atom stereocenters. The van der Waals surface area contributed by atoms with Crippen molar-refractivity contribution < 1.29 is 14.3 Å². The van der Waals surface area contributed by atoms with Gasteiger partial charge in [-0.25, -0.2) is 0 Å². The average molecular weight is 397 g/mol. The normalized spacial score (nSPS) is 17.3. The zero-order chi connectivity index (χ0) is 20.1. The Bertz CT molecular complexity index is 815. The van der Waals surface area contributed by atoms with E-state index in [1.165, 1.54) is 0 Å². The summed E-state index contributed by atoms with van der Waals surface area (Å²) in [6, 6.07) is 9.45. The number of carbonyl (C=O) groups excluding carboxylic acids is 1. The Hall–Kier alpha value is -2.87. The Balaban J connectivity index is 1.36. The highest BCUT2D eigenvalue weighted by molar-refractivity contribution is 5.94. The standard InChI is InChI=1S/C21H27N5O3/c1-2-29-19-5-3-17(4-6-19)21(27)26-9-7-24(8-10-26)18-15-20(23-22-16-18)25-11-13-28-14-12-25/h3-6,15-16H,2,7-14H2,1H3. The molecule has 0 radical (unpaired) electrons. The molecule has 2 aliphatic rings. The third-order valence-corrected chi connectivity index (χ3v) is 5.31. The zero-order valence-corrected chi connectivity index (χ0v) is 16.8. The summed E-state index contributed by atoms with van der Waals surface area (Å²) >= 11 is 0. The fourth-order valence-electron chi connectivity index (χ4n) is 3.68. The van der Waals surface area contributed by atoms with E-state index in [0.717, 1.165) is 56.6 Å². The van der Waals surface area contributed by atoms with Gasteiger partial charge in [-0.15, -0.1) is 5.10 Å². The minimum absolute atomic E-state index is 0.0644. The van der Waals surface area contributed by atoms with Crippen molar-refractivity contribution in [2.24, 2.45) is 0 Å². The molecule has 0 N–H and O–H groups in total. The van der Waals surface area contributed by atoms with E-state index >= 15 is 0 Å². The number of rotatable bonds is 5. The molecule has 8 nitrogen and oxygen atoms in total. The molecule has 2 saturated heterocycles. The van der Waals surface area contributed by atoms with Crippen LogP contribution in [0, 0.1) is 0 Å². The first-order valence-corrected chi connectivity index (χ1v) is 10.2. The third-order valence-electron chi connectivity index (χ3n) is 5.31. The van der Waals surface area contributed by atoms with E-state index in [0.29, 0.717) is 25.3 Å². The molecule has 1 amide bonds. The highest BCUT2D eigenvalue weighted by atomic mass is 16.5. The number of morpholine rings is 1. The predicted octanol–water partition coefficient (Wildman–Crippen LogP) is 1.67. The fourth-order valence-corrected chi connectivity index (χ4v) is 3.68. The highest BCUT2D eigenvalue weighted by Crippen LogP contribution is 2.22. The minimum Gasteiger partial charge on any atom is -0.494 e. The molecule has 0 spiro atoms. The number of carbonyl (C=O) groups is 1. The van der Waals surface area contributed by atoms with Crippen molar-refractivity contribution in [1.82, 2.24) is 15.1 Å². The molecular formula is C21H27N5O3. The van der Waals surface area contributed by atoms with Crippen LogP contribution in [0.5, 0.6) is 5.75 Å². The lowest BCUT2D eigenvalue weighted by atomic mass is 10.1. The van der Waals surface area contributed by atoms with Gasteiger partial charge in [0.1, 0.15) is 5.75 Å². The van der Waals surface area contributed by atoms with Crippen molar-refractivity contribution in [3.63, 3.8) is 0 Å². The van der Waals surface area contributed by atoms with Crippen LogP contribution in [0.25, 0.3) is 0 Å². The van der Waals surface area contributed by atoms with E-state index in [9.17, 15) is 4.79 Å². The van der Waals surface area contributed by atoms with Gasteiger partial charge in [-0.2, -0.15) is 5.10 Å². The number of amides is 1. The van der Waals surface area contributed by atoms with E-state index in [4.69, 9.17) is 9.47 Å². The molecule has 2 aromatic rings. The summed E-state index contributed by atoms with van der Waals surface area (Å²) in [5.41, 5.74) is 1.75. The van der Waals surface area contributed by atoms with Gasteiger partial charge in [0.05, 0.1) is 31.7 Å². The average Bonchev–Trinajstić information content (AvgIpc) is 2.80. The van der Waals surface area contributed by atoms with Gasteiger partial charge in [0.15, 0.2) is 5.82 Å². The predicted molar refractivity (Wildman–Crippen MR) is 111 cm³/mol. The monoisotopic (exact) mass is 397 g/mol. The van der Waals surface area contributed by atoms with Crippen LogP contribution in [0.4, 0.5) is 11.5 Å². The Morgan fingerprint density at radius 3 is 2.45 bits per heavy atom. The molecule has 3 heterocycles. The number of ether oxygens (including phenoxy) is 2. The summed E-state index contributed by atoms with van der Waals surface area (Å²) in [5, 5.41) is 8.47. The number of aromatic nitrogens is 2. The van der Waals surface area contributed by atoms with Crippen molar-refractivity contribution in [3.05, 3.63) is 42.1 Å². The molecule has 0 aliphatic carbocycles. The van der Waals surface area contributed by atoms with Gasteiger partial charge in [0.2, 0.25) is 0 Å². The summed E-state index contributed by atoms with van der Waals surface area (Å²) in [4.78, 5) is 19.2. The highest BCUT2D eigenvalue weighted by Gasteiger charge is 2.23. The van der Waals surface area contributed by atoms with Crippen molar-refractivity contribution >= 4 is 17.4 Å². The second kappa shape index (κ2) is 9.09. The Morgan fingerprint density at radius 1 is 1.03 bits per heavy atom. The molecule has 0 unspecified atom stereocenters. The zero-order valence-electron chi connectivity index (χ0n) is 16.8. The second-order valence-corrected chi connectivity index (χ2v) is 7.11. The van der Waals surface area contributed by atoms with Crippen LogP contribution in [-0.2, 0) is 4.74 Å². The first kappa shape index (κ1) is 19.4. The SMILES string of the molecule is CCOc1ccc(C(=O)N2CCN(c3cnnc(N4CCOCC4)c3)CC2)cc1. The summed E-state index contributed by atoms with van der Waals surface area (Å²) < 4.78 is 10.9. The number of hydrogen-bond donors (Lipinski definition) is 0. The van der Waals surface area contributed by atoms with Crippen molar-refractivity contribution in [2.45, 2.75) is 6.92 Å². The van der Waals surface area contributed by atoms with E-state index in [1.807, 2.05) is 36.1 Å². The van der Waals surface area contributed by atoms with Crippen molar-refractivity contribution in [1.29, 1.82) is 0 Å². The van der Waals surface area contributed by atoms with Gasteiger partial charge < -0.3 is 24.2 Å². The first-order valence-electron chi connectivity index (χ1n) is 10.2. The Morgan fingerprint density at radius 2 is 1.76 bits per heavy atom. The second-order valence-electron chi connectivity index (χ2n) is 7.11. The maximum atomic E-state index is 12.8. The van der Waals surface area contributed by atoms with Crippen LogP contribution >= 0.6 is 0 Å². The number of anilines is 2. The lowest BCUT2D eigenvalue weighted by molar-refractivity contribution is 0.0746. The third kappa shape index (κ3) is 4.59. The molecule has 4 rings (SSSR count). The quantitative estimate of drug-likeness (QED) is 0.760. The molecule has 1 aromatic heterocycles. The Labute approximate surface area is 171 Å². The smallest absolute Gasteiger partial charge is 0.253 e. The largest absolute Gasteiger partial charge is 0.494 e. The van der Waals surface area contributed by atoms with Crippen LogP contribution in [0.3, 0.4) is 0 Å². The summed E-state index contributed by atoms with van der Waals surface area (Å²) in [6.07, 6.45) is 1.80. The van der Waals surface area contributed by atoms with Crippen LogP contribution in [-0.4, -0.2) is 80.1 Å². The molecule has 1 aromatic carbocycles. The van der Waals surface area contributed by atoms with E-state index in [-0.39, 0.29) is 5.91 Å². The van der Waals surface area contributed by atoms with Gasteiger partial charge in [-0.1, -0.05) is 0 Å².